The van der Waals surface area contributed by atoms with Crippen molar-refractivity contribution in [2.45, 2.75) is 19.6 Å². The molecule has 3 aromatic carbocycles. The number of likely N-dealkylation sites (N-methyl/N-ethyl adjacent to an activating group) is 1. The van der Waals surface area contributed by atoms with Crippen LogP contribution in [0.25, 0.3) is 22.6 Å². The van der Waals surface area contributed by atoms with Crippen molar-refractivity contribution < 1.29 is 9.15 Å². The van der Waals surface area contributed by atoms with Gasteiger partial charge >= 0.3 is 0 Å². The van der Waals surface area contributed by atoms with E-state index in [4.69, 9.17) is 30.7 Å². The van der Waals surface area contributed by atoms with E-state index in [1.54, 1.807) is 6.26 Å². The number of benzene rings is 3. The number of nitrogens with one attached hydrogen (secondary N) is 1. The maximum atomic E-state index is 6.30. The predicted molar refractivity (Wildman–Crippen MR) is 157 cm³/mol. The zero-order chi connectivity index (χ0) is 25.9. The Labute approximate surface area is 239 Å². The van der Waals surface area contributed by atoms with Crippen molar-refractivity contribution in [1.29, 1.82) is 0 Å². The highest BCUT2D eigenvalue weighted by Gasteiger charge is 2.16. The van der Waals surface area contributed by atoms with Gasteiger partial charge in [0, 0.05) is 43.3 Å². The first-order valence-electron chi connectivity index (χ1n) is 12.9. The molecule has 0 radical (unpaired) electrons. The Hall–Kier alpha value is -3.36. The van der Waals surface area contributed by atoms with Gasteiger partial charge in [0.2, 0.25) is 0 Å². The van der Waals surface area contributed by atoms with E-state index in [2.05, 4.69) is 40.0 Å². The minimum Gasteiger partial charge on any atom is -0.489 e. The van der Waals surface area contributed by atoms with Crippen LogP contribution in [-0.4, -0.2) is 58.0 Å². The highest BCUT2D eigenvalue weighted by atomic mass is 35.5. The number of fused-ring (bicyclic) bond motifs is 1. The molecule has 39 heavy (non-hydrogen) atoms. The third kappa shape index (κ3) is 6.62. The van der Waals surface area contributed by atoms with Crippen LogP contribution in [0.2, 0.25) is 5.02 Å². The highest BCUT2D eigenvalue weighted by molar-refractivity contribution is 6.30. The molecule has 2 aromatic heterocycles. The highest BCUT2D eigenvalue weighted by Crippen LogP contribution is 2.28. The summed E-state index contributed by atoms with van der Waals surface area (Å²) in [6, 6.07) is 22.1. The van der Waals surface area contributed by atoms with Crippen LogP contribution in [0.15, 0.2) is 77.4 Å². The Kier molecular flexibility index (Phi) is 8.53. The van der Waals surface area contributed by atoms with Gasteiger partial charge in [0.05, 0.1) is 17.5 Å². The molecular weight excluding hydrogens is 533 g/mol. The number of rotatable bonds is 8. The largest absolute Gasteiger partial charge is 0.489 e. The number of halogens is 2. The van der Waals surface area contributed by atoms with Gasteiger partial charge in [0.15, 0.2) is 11.7 Å². The second-order valence-electron chi connectivity index (χ2n) is 9.85. The summed E-state index contributed by atoms with van der Waals surface area (Å²) in [5.41, 5.74) is 5.87. The van der Waals surface area contributed by atoms with E-state index in [0.29, 0.717) is 35.5 Å². The van der Waals surface area contributed by atoms with Crippen LogP contribution >= 0.6 is 24.0 Å². The van der Waals surface area contributed by atoms with Crippen LogP contribution in [0.3, 0.4) is 0 Å². The van der Waals surface area contributed by atoms with Crippen molar-refractivity contribution in [2.75, 3.05) is 33.2 Å². The number of oxazole rings is 1. The molecular formula is C30H31Cl2N5O2. The zero-order valence-corrected chi connectivity index (χ0v) is 23.3. The predicted octanol–water partition coefficient (Wildman–Crippen LogP) is 6.21. The normalized spacial score (nSPS) is 14.4. The summed E-state index contributed by atoms with van der Waals surface area (Å²) < 4.78 is 11.9. The number of imidazole rings is 1. The molecule has 202 valence electrons. The van der Waals surface area contributed by atoms with Crippen molar-refractivity contribution in [2.24, 2.45) is 0 Å². The van der Waals surface area contributed by atoms with Gasteiger partial charge in [-0.25, -0.2) is 9.97 Å². The van der Waals surface area contributed by atoms with Crippen LogP contribution in [0, 0.1) is 0 Å². The molecule has 1 saturated heterocycles. The molecule has 0 aliphatic carbocycles. The van der Waals surface area contributed by atoms with E-state index >= 15 is 0 Å². The molecule has 6 rings (SSSR count). The Morgan fingerprint density at radius 3 is 2.59 bits per heavy atom. The second kappa shape index (κ2) is 12.2. The fraction of sp³-hybridized carbons (Fsp3) is 0.267. The Bertz CT molecular complexity index is 1530. The minimum atomic E-state index is 0. The van der Waals surface area contributed by atoms with E-state index < -0.39 is 0 Å². The monoisotopic (exact) mass is 563 g/mol. The minimum absolute atomic E-state index is 0. The van der Waals surface area contributed by atoms with Gasteiger partial charge in [-0.15, -0.1) is 12.4 Å². The first-order chi connectivity index (χ1) is 18.6. The van der Waals surface area contributed by atoms with Crippen molar-refractivity contribution in [3.8, 4) is 17.3 Å². The quantitative estimate of drug-likeness (QED) is 0.242. The van der Waals surface area contributed by atoms with Gasteiger partial charge in [-0.1, -0.05) is 48.0 Å². The first kappa shape index (κ1) is 27.2. The Balaban J connectivity index is 0.00000308. The number of hydrogen-bond donors (Lipinski definition) is 1. The number of nitrogens with zero attached hydrogens (tertiary/aromatic N) is 4. The molecule has 1 aliphatic rings. The molecule has 9 heteroatoms. The van der Waals surface area contributed by atoms with Crippen molar-refractivity contribution in [3.63, 3.8) is 0 Å². The van der Waals surface area contributed by atoms with Crippen LogP contribution < -0.4 is 4.74 Å². The number of aromatic nitrogens is 3. The van der Waals surface area contributed by atoms with Crippen LogP contribution in [-0.2, 0) is 19.6 Å². The molecule has 1 N–H and O–H groups in total. The van der Waals surface area contributed by atoms with Gasteiger partial charge in [-0.3, -0.25) is 4.90 Å². The molecule has 3 heterocycles. The molecule has 0 amide bonds. The molecule has 0 unspecified atom stereocenters. The average molecular weight is 565 g/mol. The van der Waals surface area contributed by atoms with E-state index in [1.807, 2.05) is 48.5 Å². The SMILES string of the molecule is CN1CCN(Cc2ccc3[nH]c(-c4coc(Cc5cc(Cl)ccc5OCc5ccccc5)n4)nc3c2)CC1.Cl. The van der Waals surface area contributed by atoms with Crippen molar-refractivity contribution in [3.05, 3.63) is 101 Å². The number of hydrogen-bond acceptors (Lipinski definition) is 6. The van der Waals surface area contributed by atoms with Crippen LogP contribution in [0.5, 0.6) is 5.75 Å². The molecule has 5 aromatic rings. The summed E-state index contributed by atoms with van der Waals surface area (Å²) in [7, 11) is 2.18. The fourth-order valence-corrected chi connectivity index (χ4v) is 4.96. The summed E-state index contributed by atoms with van der Waals surface area (Å²) in [6.07, 6.45) is 2.10. The van der Waals surface area contributed by atoms with E-state index in [1.165, 1.54) is 5.56 Å². The molecule has 7 nitrogen and oxygen atoms in total. The lowest BCUT2D eigenvalue weighted by molar-refractivity contribution is 0.148. The lowest BCUT2D eigenvalue weighted by atomic mass is 10.1. The van der Waals surface area contributed by atoms with Gasteiger partial charge in [0.25, 0.3) is 0 Å². The third-order valence-corrected chi connectivity index (χ3v) is 7.18. The topological polar surface area (TPSA) is 70.4 Å². The molecule has 1 aliphatic heterocycles. The van der Waals surface area contributed by atoms with Gasteiger partial charge in [-0.05, 0) is 48.5 Å². The lowest BCUT2D eigenvalue weighted by Crippen LogP contribution is -2.43. The fourth-order valence-electron chi connectivity index (χ4n) is 4.76. The van der Waals surface area contributed by atoms with Crippen LogP contribution in [0.1, 0.15) is 22.6 Å². The third-order valence-electron chi connectivity index (χ3n) is 6.95. The number of H-pyrrole nitrogens is 1. The Morgan fingerprint density at radius 1 is 0.949 bits per heavy atom. The average Bonchev–Trinajstić information content (AvgIpc) is 3.57. The van der Waals surface area contributed by atoms with Gasteiger partial charge in [0.1, 0.15) is 24.3 Å². The molecule has 0 bridgehead atoms. The van der Waals surface area contributed by atoms with Gasteiger partial charge in [-0.2, -0.15) is 0 Å². The van der Waals surface area contributed by atoms with Crippen molar-refractivity contribution >= 4 is 35.0 Å². The summed E-state index contributed by atoms with van der Waals surface area (Å²) in [6.45, 7) is 5.82. The molecule has 0 spiro atoms. The lowest BCUT2D eigenvalue weighted by Gasteiger charge is -2.32. The van der Waals surface area contributed by atoms with E-state index in [-0.39, 0.29) is 12.4 Å². The standard InChI is InChI=1S/C30H30ClN5O2.ClH/c1-35-11-13-36(14-12-35)18-22-7-9-25-26(15-22)34-30(33-25)27-20-38-29(32-27)17-23-16-24(31)8-10-28(23)37-19-21-5-3-2-4-6-21;/h2-10,15-16,20H,11-14,17-19H2,1H3,(H,33,34);1H. The summed E-state index contributed by atoms with van der Waals surface area (Å²) in [5.74, 6) is 2.02. The van der Waals surface area contributed by atoms with E-state index in [9.17, 15) is 0 Å². The molecule has 0 atom stereocenters. The number of aromatic amines is 1. The second-order valence-corrected chi connectivity index (χ2v) is 10.3. The number of ether oxygens (including phenoxy) is 1. The smallest absolute Gasteiger partial charge is 0.199 e. The zero-order valence-electron chi connectivity index (χ0n) is 21.8. The maximum Gasteiger partial charge on any atom is 0.199 e. The Morgan fingerprint density at radius 2 is 1.77 bits per heavy atom. The number of piperazine rings is 1. The van der Waals surface area contributed by atoms with Crippen molar-refractivity contribution in [1.82, 2.24) is 24.8 Å². The maximum absolute atomic E-state index is 6.30. The molecule has 1 fully saturated rings. The van der Waals surface area contributed by atoms with Gasteiger partial charge < -0.3 is 19.0 Å². The summed E-state index contributed by atoms with van der Waals surface area (Å²) in [5, 5.41) is 0.642. The summed E-state index contributed by atoms with van der Waals surface area (Å²) >= 11 is 6.30. The summed E-state index contributed by atoms with van der Waals surface area (Å²) in [4.78, 5) is 17.8. The molecule has 0 saturated carbocycles. The van der Waals surface area contributed by atoms with Crippen LogP contribution in [0.4, 0.5) is 0 Å². The first-order valence-corrected chi connectivity index (χ1v) is 13.3. The van der Waals surface area contributed by atoms with E-state index in [0.717, 1.165) is 60.6 Å².